The fraction of sp³-hybridized carbons (Fsp3) is 0.833. The minimum absolute atomic E-state index is 0.150. The molecule has 0 aromatic heterocycles. The van der Waals surface area contributed by atoms with Crippen molar-refractivity contribution in [1.82, 2.24) is 0 Å². The predicted molar refractivity (Wildman–Crippen MR) is 34.6 cm³/mol. The highest BCUT2D eigenvalue weighted by Crippen LogP contribution is 2.11. The molecule has 4 heteroatoms. The Bertz CT molecular complexity index is 128. The molecule has 0 saturated heterocycles. The molecule has 0 aromatic carbocycles. The van der Waals surface area contributed by atoms with Gasteiger partial charge in [0.2, 0.25) is 0 Å². The number of carboxylic acid groups (broad SMARTS) is 1. The standard InChI is InChI=1S/C6H12O4/c1-4(7)3-6(2,10)5(8)9/h4,7,10H,3H2,1-2H3,(H,8,9). The molecule has 0 aliphatic heterocycles. The van der Waals surface area contributed by atoms with Crippen LogP contribution in [0.1, 0.15) is 20.3 Å². The molecule has 0 heterocycles. The van der Waals surface area contributed by atoms with E-state index in [1.165, 1.54) is 6.92 Å². The molecule has 3 N–H and O–H groups in total. The van der Waals surface area contributed by atoms with Crippen LogP contribution in [0.3, 0.4) is 0 Å². The van der Waals surface area contributed by atoms with Crippen LogP contribution in [0.4, 0.5) is 0 Å². The van der Waals surface area contributed by atoms with Crippen molar-refractivity contribution in [2.75, 3.05) is 0 Å². The summed E-state index contributed by atoms with van der Waals surface area (Å²) in [6.45, 7) is 2.58. The number of carbonyl (C=O) groups is 1. The molecule has 2 atom stereocenters. The zero-order chi connectivity index (χ0) is 8.36. The molecule has 0 saturated carbocycles. The van der Waals surface area contributed by atoms with E-state index in [9.17, 15) is 4.79 Å². The number of aliphatic hydroxyl groups excluding tert-OH is 1. The third-order valence-corrected chi connectivity index (χ3v) is 1.15. The summed E-state index contributed by atoms with van der Waals surface area (Å²) in [4.78, 5) is 10.2. The molecule has 0 amide bonds. The summed E-state index contributed by atoms with van der Waals surface area (Å²) in [7, 11) is 0. The lowest BCUT2D eigenvalue weighted by atomic mass is 10.00. The number of rotatable bonds is 3. The van der Waals surface area contributed by atoms with Gasteiger partial charge in [-0.2, -0.15) is 0 Å². The van der Waals surface area contributed by atoms with Crippen molar-refractivity contribution in [2.24, 2.45) is 0 Å². The van der Waals surface area contributed by atoms with Gasteiger partial charge in [-0.1, -0.05) is 0 Å². The predicted octanol–water partition coefficient (Wildman–Crippen LogP) is -0.407. The smallest absolute Gasteiger partial charge is 0.335 e. The van der Waals surface area contributed by atoms with Gasteiger partial charge >= 0.3 is 5.97 Å². The minimum Gasteiger partial charge on any atom is -0.479 e. The maximum Gasteiger partial charge on any atom is 0.335 e. The Hall–Kier alpha value is -0.610. The molecule has 0 aliphatic rings. The van der Waals surface area contributed by atoms with E-state index >= 15 is 0 Å². The Labute approximate surface area is 59.1 Å². The lowest BCUT2D eigenvalue weighted by Gasteiger charge is -2.18. The van der Waals surface area contributed by atoms with Crippen molar-refractivity contribution in [3.8, 4) is 0 Å². The minimum atomic E-state index is -1.81. The molecule has 0 rings (SSSR count). The number of carboxylic acids is 1. The Balaban J connectivity index is 4.00. The number of hydrogen-bond acceptors (Lipinski definition) is 3. The van der Waals surface area contributed by atoms with Crippen LogP contribution in [-0.2, 0) is 4.79 Å². The molecule has 0 spiro atoms. The first-order valence-electron chi connectivity index (χ1n) is 3.00. The van der Waals surface area contributed by atoms with E-state index in [1.54, 1.807) is 0 Å². The maximum atomic E-state index is 10.2. The number of hydrogen-bond donors (Lipinski definition) is 3. The van der Waals surface area contributed by atoms with E-state index in [0.29, 0.717) is 0 Å². The monoisotopic (exact) mass is 148 g/mol. The largest absolute Gasteiger partial charge is 0.479 e. The van der Waals surface area contributed by atoms with Gasteiger partial charge in [-0.3, -0.25) is 0 Å². The van der Waals surface area contributed by atoms with Crippen LogP contribution in [0.15, 0.2) is 0 Å². The van der Waals surface area contributed by atoms with Crippen molar-refractivity contribution in [3.05, 3.63) is 0 Å². The first kappa shape index (κ1) is 9.39. The lowest BCUT2D eigenvalue weighted by Crippen LogP contribution is -2.37. The Morgan fingerprint density at radius 1 is 1.70 bits per heavy atom. The van der Waals surface area contributed by atoms with Crippen LogP contribution in [0.5, 0.6) is 0 Å². The summed E-state index contributed by atoms with van der Waals surface area (Å²) < 4.78 is 0. The molecule has 0 aliphatic carbocycles. The molecule has 0 bridgehead atoms. The second kappa shape index (κ2) is 2.98. The fourth-order valence-electron chi connectivity index (χ4n) is 0.663. The van der Waals surface area contributed by atoms with Gasteiger partial charge in [0, 0.05) is 6.42 Å². The van der Waals surface area contributed by atoms with Crippen LogP contribution in [0.25, 0.3) is 0 Å². The van der Waals surface area contributed by atoms with Gasteiger partial charge in [0.15, 0.2) is 5.60 Å². The van der Waals surface area contributed by atoms with E-state index in [-0.39, 0.29) is 6.42 Å². The summed E-state index contributed by atoms with van der Waals surface area (Å²) in [5, 5.41) is 26.0. The quantitative estimate of drug-likeness (QED) is 0.508. The maximum absolute atomic E-state index is 10.2. The zero-order valence-corrected chi connectivity index (χ0v) is 6.03. The van der Waals surface area contributed by atoms with E-state index in [0.717, 1.165) is 6.92 Å². The second-order valence-corrected chi connectivity index (χ2v) is 2.63. The Kier molecular flexibility index (Phi) is 2.80. The van der Waals surface area contributed by atoms with Gasteiger partial charge < -0.3 is 15.3 Å². The summed E-state index contributed by atoms with van der Waals surface area (Å²) in [6, 6.07) is 0. The first-order valence-corrected chi connectivity index (χ1v) is 3.00. The summed E-state index contributed by atoms with van der Waals surface area (Å²) in [5.41, 5.74) is -1.81. The average molecular weight is 148 g/mol. The molecule has 60 valence electrons. The number of aliphatic hydroxyl groups is 2. The van der Waals surface area contributed by atoms with Gasteiger partial charge in [0.05, 0.1) is 6.10 Å². The van der Waals surface area contributed by atoms with E-state index < -0.39 is 17.7 Å². The highest BCUT2D eigenvalue weighted by Gasteiger charge is 2.30. The molecule has 0 aromatic rings. The zero-order valence-electron chi connectivity index (χ0n) is 6.03. The third-order valence-electron chi connectivity index (χ3n) is 1.15. The topological polar surface area (TPSA) is 77.8 Å². The van der Waals surface area contributed by atoms with Crippen LogP contribution in [0.2, 0.25) is 0 Å². The van der Waals surface area contributed by atoms with Gasteiger partial charge in [-0.05, 0) is 13.8 Å². The highest BCUT2D eigenvalue weighted by molar-refractivity contribution is 5.76. The normalized spacial score (nSPS) is 19.6. The van der Waals surface area contributed by atoms with Gasteiger partial charge in [-0.25, -0.2) is 4.79 Å². The van der Waals surface area contributed by atoms with Crippen LogP contribution in [0, 0.1) is 0 Å². The van der Waals surface area contributed by atoms with Crippen LogP contribution in [-0.4, -0.2) is 33.0 Å². The first-order chi connectivity index (χ1) is 4.36. The fourth-order valence-corrected chi connectivity index (χ4v) is 0.663. The molecular weight excluding hydrogens is 136 g/mol. The molecule has 0 fully saturated rings. The van der Waals surface area contributed by atoms with Crippen LogP contribution >= 0.6 is 0 Å². The Morgan fingerprint density at radius 3 is 2.20 bits per heavy atom. The average Bonchev–Trinajstić information content (AvgIpc) is 1.60. The van der Waals surface area contributed by atoms with E-state index in [1.807, 2.05) is 0 Å². The van der Waals surface area contributed by atoms with Gasteiger partial charge in [-0.15, -0.1) is 0 Å². The Morgan fingerprint density at radius 2 is 2.10 bits per heavy atom. The SMILES string of the molecule is CC(O)CC(C)(O)C(=O)O. The van der Waals surface area contributed by atoms with Crippen molar-refractivity contribution in [2.45, 2.75) is 32.0 Å². The van der Waals surface area contributed by atoms with Crippen molar-refractivity contribution in [3.63, 3.8) is 0 Å². The lowest BCUT2D eigenvalue weighted by molar-refractivity contribution is -0.159. The third kappa shape index (κ3) is 2.80. The number of aliphatic carboxylic acids is 1. The van der Waals surface area contributed by atoms with E-state index in [2.05, 4.69) is 0 Å². The summed E-state index contributed by atoms with van der Waals surface area (Å²) in [5.74, 6) is -1.31. The van der Waals surface area contributed by atoms with Crippen molar-refractivity contribution < 1.29 is 20.1 Å². The molecule has 4 nitrogen and oxygen atoms in total. The van der Waals surface area contributed by atoms with Crippen molar-refractivity contribution >= 4 is 5.97 Å². The van der Waals surface area contributed by atoms with Gasteiger partial charge in [0.25, 0.3) is 0 Å². The molecule has 10 heavy (non-hydrogen) atoms. The molecule has 2 unspecified atom stereocenters. The van der Waals surface area contributed by atoms with E-state index in [4.69, 9.17) is 15.3 Å². The second-order valence-electron chi connectivity index (χ2n) is 2.63. The highest BCUT2D eigenvalue weighted by atomic mass is 16.4. The van der Waals surface area contributed by atoms with Crippen LogP contribution < -0.4 is 0 Å². The molecule has 0 radical (unpaired) electrons. The molecular formula is C6H12O4. The van der Waals surface area contributed by atoms with Gasteiger partial charge in [0.1, 0.15) is 0 Å². The summed E-state index contributed by atoms with van der Waals surface area (Å²) >= 11 is 0. The summed E-state index contributed by atoms with van der Waals surface area (Å²) in [6.07, 6.45) is -0.950. The van der Waals surface area contributed by atoms with Crippen molar-refractivity contribution in [1.29, 1.82) is 0 Å².